The Morgan fingerprint density at radius 2 is 1.65 bits per heavy atom. The van der Waals surface area contributed by atoms with E-state index >= 15 is 0 Å². The van der Waals surface area contributed by atoms with Crippen molar-refractivity contribution in [2.24, 2.45) is 0 Å². The molecule has 0 radical (unpaired) electrons. The number of hydrogen-bond donors (Lipinski definition) is 0. The van der Waals surface area contributed by atoms with Gasteiger partial charge in [-0.3, -0.25) is 19.2 Å². The predicted octanol–water partition coefficient (Wildman–Crippen LogP) is 4.45. The van der Waals surface area contributed by atoms with Gasteiger partial charge in [0.1, 0.15) is 5.82 Å². The molecule has 0 bridgehead atoms. The van der Waals surface area contributed by atoms with E-state index in [4.69, 9.17) is 0 Å². The van der Waals surface area contributed by atoms with Gasteiger partial charge in [-0.2, -0.15) is 0 Å². The van der Waals surface area contributed by atoms with Crippen LogP contribution in [0.3, 0.4) is 0 Å². The lowest BCUT2D eigenvalue weighted by Crippen LogP contribution is -2.46. The van der Waals surface area contributed by atoms with E-state index in [1.54, 1.807) is 17.1 Å². The van der Waals surface area contributed by atoms with Crippen LogP contribution >= 0.6 is 24.8 Å². The van der Waals surface area contributed by atoms with Crippen LogP contribution in [-0.2, 0) is 6.54 Å². The number of fused-ring (bicyclic) bond motifs is 3. The summed E-state index contributed by atoms with van der Waals surface area (Å²) >= 11 is 0. The summed E-state index contributed by atoms with van der Waals surface area (Å²) in [5, 5.41) is 1.48. The van der Waals surface area contributed by atoms with Crippen LogP contribution in [-0.4, -0.2) is 52.2 Å². The number of halogens is 3. The molecular weight excluding hydrogens is 476 g/mol. The molecule has 4 aromatic rings. The summed E-state index contributed by atoms with van der Waals surface area (Å²) in [6, 6.07) is 12.7. The number of aromatic nitrogens is 3. The maximum atomic E-state index is 13.1. The van der Waals surface area contributed by atoms with E-state index in [1.165, 1.54) is 12.1 Å². The van der Waals surface area contributed by atoms with Crippen LogP contribution in [0.15, 0.2) is 59.8 Å². The summed E-state index contributed by atoms with van der Waals surface area (Å²) in [6.07, 6.45) is 4.19. The minimum Gasteiger partial charge on any atom is -0.369 e. The normalized spacial score (nSPS) is 14.1. The van der Waals surface area contributed by atoms with Gasteiger partial charge in [0.2, 0.25) is 0 Å². The van der Waals surface area contributed by atoms with Crippen LogP contribution in [0, 0.1) is 12.7 Å². The summed E-state index contributed by atoms with van der Waals surface area (Å²) in [6.45, 7) is 7.33. The number of pyridine rings is 1. The smallest absolute Gasteiger partial charge is 0.262 e. The van der Waals surface area contributed by atoms with E-state index in [1.807, 2.05) is 37.3 Å². The van der Waals surface area contributed by atoms with Crippen molar-refractivity contribution >= 4 is 52.3 Å². The Balaban J connectivity index is 0.00000162. The highest BCUT2D eigenvalue weighted by atomic mass is 35.5. The number of hydrogen-bond acceptors (Lipinski definition) is 5. The molecule has 2 aromatic heterocycles. The topological polar surface area (TPSA) is 54.3 Å². The molecule has 0 N–H and O–H groups in total. The molecule has 2 aromatic carbocycles. The Hall–Kier alpha value is -2.74. The van der Waals surface area contributed by atoms with Crippen LogP contribution in [0.4, 0.5) is 10.1 Å². The molecule has 3 heterocycles. The van der Waals surface area contributed by atoms with E-state index in [-0.39, 0.29) is 36.2 Å². The summed E-state index contributed by atoms with van der Waals surface area (Å²) in [7, 11) is 0. The molecule has 0 spiro atoms. The Labute approximate surface area is 210 Å². The highest BCUT2D eigenvalue weighted by molar-refractivity contribution is 6.02. The van der Waals surface area contributed by atoms with Crippen molar-refractivity contribution in [3.05, 3.63) is 76.7 Å². The molecule has 1 aliphatic heterocycles. The van der Waals surface area contributed by atoms with Crippen molar-refractivity contribution in [2.45, 2.75) is 19.9 Å². The zero-order valence-corrected chi connectivity index (χ0v) is 20.6. The Morgan fingerprint density at radius 1 is 0.912 bits per heavy atom. The molecule has 180 valence electrons. The van der Waals surface area contributed by atoms with Gasteiger partial charge in [0.15, 0.2) is 0 Å². The summed E-state index contributed by atoms with van der Waals surface area (Å²) in [5.74, 6) is -0.204. The van der Waals surface area contributed by atoms with E-state index in [9.17, 15) is 9.18 Å². The molecule has 1 aliphatic rings. The van der Waals surface area contributed by atoms with Gasteiger partial charge in [0.25, 0.3) is 5.56 Å². The molecule has 0 atom stereocenters. The molecule has 0 unspecified atom stereocenters. The van der Waals surface area contributed by atoms with E-state index < -0.39 is 0 Å². The maximum absolute atomic E-state index is 13.1. The van der Waals surface area contributed by atoms with Crippen LogP contribution < -0.4 is 10.5 Å². The van der Waals surface area contributed by atoms with Gasteiger partial charge in [0, 0.05) is 50.0 Å². The predicted molar refractivity (Wildman–Crippen MR) is 140 cm³/mol. The monoisotopic (exact) mass is 503 g/mol. The van der Waals surface area contributed by atoms with Gasteiger partial charge in [-0.05, 0) is 55.8 Å². The van der Waals surface area contributed by atoms with Gasteiger partial charge >= 0.3 is 0 Å². The fraction of sp³-hybridized carbons (Fsp3) is 0.320. The first-order valence-corrected chi connectivity index (χ1v) is 11.1. The molecular formula is C25H28Cl2FN5O. The number of nitrogens with zero attached hydrogens (tertiary/aromatic N) is 5. The second kappa shape index (κ2) is 11.1. The third kappa shape index (κ3) is 5.32. The zero-order valence-electron chi connectivity index (χ0n) is 19.0. The van der Waals surface area contributed by atoms with Crippen molar-refractivity contribution in [2.75, 3.05) is 37.6 Å². The first-order chi connectivity index (χ1) is 15.6. The highest BCUT2D eigenvalue weighted by Crippen LogP contribution is 2.20. The Morgan fingerprint density at radius 3 is 2.38 bits per heavy atom. The second-order valence-corrected chi connectivity index (χ2v) is 8.44. The minimum absolute atomic E-state index is 0. The van der Waals surface area contributed by atoms with Crippen molar-refractivity contribution in [1.29, 1.82) is 0 Å². The fourth-order valence-electron chi connectivity index (χ4n) is 4.42. The number of piperazine rings is 1. The third-order valence-corrected chi connectivity index (χ3v) is 6.25. The highest BCUT2D eigenvalue weighted by Gasteiger charge is 2.17. The molecule has 34 heavy (non-hydrogen) atoms. The van der Waals surface area contributed by atoms with Gasteiger partial charge in [-0.25, -0.2) is 9.37 Å². The van der Waals surface area contributed by atoms with Gasteiger partial charge in [-0.15, -0.1) is 24.8 Å². The molecule has 5 rings (SSSR count). The van der Waals surface area contributed by atoms with E-state index in [0.717, 1.165) is 61.3 Å². The van der Waals surface area contributed by atoms with Crippen molar-refractivity contribution < 1.29 is 4.39 Å². The number of aryl methyl sites for hydroxylation is 2. The third-order valence-electron chi connectivity index (χ3n) is 6.25. The van der Waals surface area contributed by atoms with Crippen molar-refractivity contribution in [3.8, 4) is 0 Å². The average molecular weight is 504 g/mol. The van der Waals surface area contributed by atoms with Gasteiger partial charge in [-0.1, -0.05) is 12.1 Å². The number of rotatable bonds is 5. The standard InChI is InChI=1S/C25H26FN5O.2ClH/c1-18-3-8-21-23(15-18)27-16-22-24(21)28-17-31(25(22)32)10-2-9-29-11-13-30(14-12-29)20-6-4-19(26)5-7-20;;/h3-8,15-17H,2,9-14H2,1H3;2*1H. The summed E-state index contributed by atoms with van der Waals surface area (Å²) in [4.78, 5) is 26.7. The number of benzene rings is 2. The van der Waals surface area contributed by atoms with Crippen LogP contribution in [0.1, 0.15) is 12.0 Å². The largest absolute Gasteiger partial charge is 0.369 e. The lowest BCUT2D eigenvalue weighted by atomic mass is 10.1. The van der Waals surface area contributed by atoms with Crippen molar-refractivity contribution in [3.63, 3.8) is 0 Å². The van der Waals surface area contributed by atoms with Crippen LogP contribution in [0.5, 0.6) is 0 Å². The second-order valence-electron chi connectivity index (χ2n) is 8.44. The quantitative estimate of drug-likeness (QED) is 0.376. The maximum Gasteiger partial charge on any atom is 0.262 e. The molecule has 0 amide bonds. The number of anilines is 1. The minimum atomic E-state index is -0.204. The van der Waals surface area contributed by atoms with E-state index in [0.29, 0.717) is 17.4 Å². The first-order valence-electron chi connectivity index (χ1n) is 11.1. The lowest BCUT2D eigenvalue weighted by Gasteiger charge is -2.36. The van der Waals surface area contributed by atoms with Crippen LogP contribution in [0.25, 0.3) is 21.8 Å². The van der Waals surface area contributed by atoms with E-state index in [2.05, 4.69) is 19.8 Å². The molecule has 1 fully saturated rings. The SMILES string of the molecule is Cc1ccc2c(c1)ncc1c(=O)n(CCCN3CCN(c4ccc(F)cc4)CC3)cnc12.Cl.Cl. The lowest BCUT2D eigenvalue weighted by molar-refractivity contribution is 0.250. The zero-order chi connectivity index (χ0) is 22.1. The molecule has 0 aliphatic carbocycles. The summed E-state index contributed by atoms with van der Waals surface area (Å²) in [5.41, 5.74) is 3.74. The van der Waals surface area contributed by atoms with Crippen LogP contribution in [0.2, 0.25) is 0 Å². The molecule has 9 heteroatoms. The first kappa shape index (κ1) is 25.9. The van der Waals surface area contributed by atoms with Gasteiger partial charge in [0.05, 0.1) is 22.7 Å². The Kier molecular flexibility index (Phi) is 8.47. The fourth-order valence-corrected chi connectivity index (χ4v) is 4.42. The Bertz CT molecular complexity index is 1320. The van der Waals surface area contributed by atoms with Gasteiger partial charge < -0.3 is 4.90 Å². The summed E-state index contributed by atoms with van der Waals surface area (Å²) < 4.78 is 14.8. The average Bonchev–Trinajstić information content (AvgIpc) is 2.81. The van der Waals surface area contributed by atoms with Crippen molar-refractivity contribution in [1.82, 2.24) is 19.4 Å². The molecule has 6 nitrogen and oxygen atoms in total. The molecule has 0 saturated carbocycles. The molecule has 1 saturated heterocycles.